The van der Waals surface area contributed by atoms with Gasteiger partial charge in [-0.2, -0.15) is 0 Å². The lowest BCUT2D eigenvalue weighted by atomic mass is 10.1. The molecule has 0 spiro atoms. The van der Waals surface area contributed by atoms with Crippen molar-refractivity contribution in [3.63, 3.8) is 0 Å². The average molecular weight is 437 g/mol. The van der Waals surface area contributed by atoms with Gasteiger partial charge in [0.25, 0.3) is 0 Å². The van der Waals surface area contributed by atoms with Crippen molar-refractivity contribution in [2.24, 2.45) is 0 Å². The van der Waals surface area contributed by atoms with Gasteiger partial charge in [0, 0.05) is 34.9 Å². The smallest absolute Gasteiger partial charge is 0.227 e. The molecule has 4 rings (SSSR count). The van der Waals surface area contributed by atoms with E-state index in [1.807, 2.05) is 57.7 Å². The zero-order valence-corrected chi connectivity index (χ0v) is 19.1. The van der Waals surface area contributed by atoms with E-state index in [-0.39, 0.29) is 18.4 Å². The second-order valence-electron chi connectivity index (χ2n) is 8.20. The second kappa shape index (κ2) is 9.04. The number of carbonyl (C=O) groups is 1. The maximum atomic E-state index is 12.9. The number of carbonyl (C=O) groups excluding carboxylic acids is 1. The zero-order valence-electron chi connectivity index (χ0n) is 19.1. The van der Waals surface area contributed by atoms with Crippen LogP contribution in [0, 0.1) is 34.6 Å². The SMILES string of the molecule is Cc1cc(Nc2nc(C)cc(C)n2)cc([C@@H]2CN(C(=O)Cc3c(C)noc3C)CCO2)n1. The summed E-state index contributed by atoms with van der Waals surface area (Å²) in [5.41, 5.74) is 5.85. The van der Waals surface area contributed by atoms with Crippen molar-refractivity contribution in [2.75, 3.05) is 25.0 Å². The Morgan fingerprint density at radius 2 is 1.78 bits per heavy atom. The largest absolute Gasteiger partial charge is 0.368 e. The van der Waals surface area contributed by atoms with Crippen molar-refractivity contribution in [1.29, 1.82) is 0 Å². The van der Waals surface area contributed by atoms with Crippen LogP contribution in [0.25, 0.3) is 0 Å². The molecule has 3 aromatic rings. The summed E-state index contributed by atoms with van der Waals surface area (Å²) in [6.07, 6.45) is -0.0376. The average Bonchev–Trinajstić information content (AvgIpc) is 3.04. The van der Waals surface area contributed by atoms with Gasteiger partial charge < -0.3 is 19.5 Å². The summed E-state index contributed by atoms with van der Waals surface area (Å²) >= 11 is 0. The van der Waals surface area contributed by atoms with Crippen LogP contribution < -0.4 is 5.32 Å². The third-order valence-electron chi connectivity index (χ3n) is 5.47. The van der Waals surface area contributed by atoms with Gasteiger partial charge in [-0.3, -0.25) is 9.78 Å². The summed E-state index contributed by atoms with van der Waals surface area (Å²) in [6, 6.07) is 5.80. The highest BCUT2D eigenvalue weighted by atomic mass is 16.5. The van der Waals surface area contributed by atoms with E-state index in [0.29, 0.717) is 31.4 Å². The van der Waals surface area contributed by atoms with E-state index in [1.165, 1.54) is 0 Å². The van der Waals surface area contributed by atoms with E-state index in [2.05, 4.69) is 25.4 Å². The Labute approximate surface area is 187 Å². The number of nitrogens with zero attached hydrogens (tertiary/aromatic N) is 5. The first kappa shape index (κ1) is 21.9. The molecule has 1 fully saturated rings. The normalized spacial score (nSPS) is 16.3. The Morgan fingerprint density at radius 3 is 2.47 bits per heavy atom. The number of morpholine rings is 1. The van der Waals surface area contributed by atoms with Crippen molar-refractivity contribution in [3.8, 4) is 0 Å². The predicted octanol–water partition coefficient (Wildman–Crippen LogP) is 3.29. The number of aromatic nitrogens is 4. The quantitative estimate of drug-likeness (QED) is 0.649. The van der Waals surface area contributed by atoms with Crippen LogP contribution in [0.4, 0.5) is 11.6 Å². The molecule has 1 saturated heterocycles. The molecule has 0 bridgehead atoms. The number of amides is 1. The van der Waals surface area contributed by atoms with E-state index in [9.17, 15) is 4.79 Å². The number of anilines is 2. The van der Waals surface area contributed by atoms with E-state index >= 15 is 0 Å². The minimum Gasteiger partial charge on any atom is -0.368 e. The molecule has 168 valence electrons. The van der Waals surface area contributed by atoms with Crippen LogP contribution >= 0.6 is 0 Å². The van der Waals surface area contributed by atoms with Gasteiger partial charge in [-0.15, -0.1) is 0 Å². The molecule has 0 unspecified atom stereocenters. The van der Waals surface area contributed by atoms with E-state index in [1.54, 1.807) is 0 Å². The van der Waals surface area contributed by atoms with E-state index < -0.39 is 0 Å². The number of hydrogen-bond donors (Lipinski definition) is 1. The number of pyridine rings is 1. The van der Waals surface area contributed by atoms with Gasteiger partial charge in [-0.25, -0.2) is 9.97 Å². The van der Waals surface area contributed by atoms with E-state index in [4.69, 9.17) is 9.26 Å². The fraction of sp³-hybridized carbons (Fsp3) is 0.435. The lowest BCUT2D eigenvalue weighted by molar-refractivity contribution is -0.138. The zero-order chi connectivity index (χ0) is 22.8. The molecule has 1 aliphatic rings. The lowest BCUT2D eigenvalue weighted by Crippen LogP contribution is -2.43. The van der Waals surface area contributed by atoms with Gasteiger partial charge in [0.2, 0.25) is 11.9 Å². The maximum Gasteiger partial charge on any atom is 0.227 e. The summed E-state index contributed by atoms with van der Waals surface area (Å²) in [6.45, 7) is 10.9. The highest BCUT2D eigenvalue weighted by Crippen LogP contribution is 2.26. The first-order valence-electron chi connectivity index (χ1n) is 10.7. The predicted molar refractivity (Wildman–Crippen MR) is 119 cm³/mol. The van der Waals surface area contributed by atoms with Crippen molar-refractivity contribution < 1.29 is 14.1 Å². The Balaban J connectivity index is 1.50. The van der Waals surface area contributed by atoms with Crippen LogP contribution in [0.3, 0.4) is 0 Å². The summed E-state index contributed by atoms with van der Waals surface area (Å²) in [5.74, 6) is 1.26. The van der Waals surface area contributed by atoms with Crippen LogP contribution in [0.1, 0.15) is 45.9 Å². The van der Waals surface area contributed by atoms with E-state index in [0.717, 1.165) is 39.7 Å². The van der Waals surface area contributed by atoms with Crippen molar-refractivity contribution in [2.45, 2.75) is 47.1 Å². The highest BCUT2D eigenvalue weighted by molar-refractivity contribution is 5.79. The van der Waals surface area contributed by atoms with Crippen LogP contribution in [0.5, 0.6) is 0 Å². The number of nitrogens with one attached hydrogen (secondary N) is 1. The van der Waals surface area contributed by atoms with Crippen LogP contribution in [0.2, 0.25) is 0 Å². The summed E-state index contributed by atoms with van der Waals surface area (Å²) in [4.78, 5) is 28.3. The van der Waals surface area contributed by atoms with Gasteiger partial charge >= 0.3 is 0 Å². The molecule has 32 heavy (non-hydrogen) atoms. The van der Waals surface area contributed by atoms with Crippen LogP contribution in [-0.4, -0.2) is 50.6 Å². The molecule has 1 aliphatic heterocycles. The third kappa shape index (κ3) is 4.94. The minimum atomic E-state index is -0.307. The number of rotatable bonds is 5. The molecule has 3 aromatic heterocycles. The summed E-state index contributed by atoms with van der Waals surface area (Å²) in [5, 5.41) is 7.21. The number of hydrogen-bond acceptors (Lipinski definition) is 8. The molecule has 0 aromatic carbocycles. The molecule has 9 heteroatoms. The molecular formula is C23H28N6O3. The Morgan fingerprint density at radius 1 is 1.06 bits per heavy atom. The summed E-state index contributed by atoms with van der Waals surface area (Å²) < 4.78 is 11.2. The molecule has 9 nitrogen and oxygen atoms in total. The standard InChI is InChI=1S/C23H28N6O3/c1-13-8-14(2)26-23(25-13)27-18-9-15(3)24-20(10-18)21-12-29(6-7-31-21)22(30)11-19-16(4)28-32-17(19)5/h8-10,21H,6-7,11-12H2,1-5H3,(H,24,25,26,27)/t21-/m0/s1. The Bertz CT molecular complexity index is 1100. The molecule has 0 radical (unpaired) electrons. The van der Waals surface area contributed by atoms with Gasteiger partial charge in [0.15, 0.2) is 0 Å². The molecule has 4 heterocycles. The minimum absolute atomic E-state index is 0.0299. The highest BCUT2D eigenvalue weighted by Gasteiger charge is 2.28. The molecule has 1 amide bonds. The first-order chi connectivity index (χ1) is 15.3. The van der Waals surface area contributed by atoms with Crippen molar-refractivity contribution in [1.82, 2.24) is 25.0 Å². The molecular weight excluding hydrogens is 408 g/mol. The van der Waals surface area contributed by atoms with Gasteiger partial charge in [0.05, 0.1) is 31.0 Å². The number of aryl methyl sites for hydroxylation is 5. The monoisotopic (exact) mass is 436 g/mol. The summed E-state index contributed by atoms with van der Waals surface area (Å²) in [7, 11) is 0. The lowest BCUT2D eigenvalue weighted by Gasteiger charge is -2.33. The van der Waals surface area contributed by atoms with Crippen LogP contribution in [0.15, 0.2) is 22.7 Å². The van der Waals surface area contributed by atoms with Crippen molar-refractivity contribution in [3.05, 3.63) is 58.0 Å². The van der Waals surface area contributed by atoms with Crippen LogP contribution in [-0.2, 0) is 16.0 Å². The van der Waals surface area contributed by atoms with Crippen molar-refractivity contribution >= 4 is 17.5 Å². The Kier molecular flexibility index (Phi) is 6.18. The third-order valence-corrected chi connectivity index (χ3v) is 5.47. The Hall–Kier alpha value is -3.33. The van der Waals surface area contributed by atoms with Gasteiger partial charge in [-0.1, -0.05) is 5.16 Å². The molecule has 0 aliphatic carbocycles. The molecule has 0 saturated carbocycles. The second-order valence-corrected chi connectivity index (χ2v) is 8.20. The van der Waals surface area contributed by atoms with Gasteiger partial charge in [-0.05, 0) is 52.8 Å². The topological polar surface area (TPSA) is 106 Å². The maximum absolute atomic E-state index is 12.9. The molecule has 1 N–H and O–H groups in total. The van der Waals surface area contributed by atoms with Gasteiger partial charge in [0.1, 0.15) is 11.9 Å². The number of ether oxygens (including phenoxy) is 1. The fourth-order valence-electron chi connectivity index (χ4n) is 3.91. The first-order valence-corrected chi connectivity index (χ1v) is 10.7. The fourth-order valence-corrected chi connectivity index (χ4v) is 3.91. The molecule has 1 atom stereocenters.